The third-order valence-electron chi connectivity index (χ3n) is 4.59. The van der Waals surface area contributed by atoms with Crippen molar-refractivity contribution in [2.75, 3.05) is 0 Å². The Morgan fingerprint density at radius 2 is 1.75 bits per heavy atom. The summed E-state index contributed by atoms with van der Waals surface area (Å²) in [6, 6.07) is 13.1. The average molecular weight is 421 g/mol. The molecule has 1 aliphatic heterocycles. The zero-order valence-corrected chi connectivity index (χ0v) is 17.6. The summed E-state index contributed by atoms with van der Waals surface area (Å²) in [6.07, 6.45) is -0.712. The maximum atomic E-state index is 12.9. The average Bonchev–Trinajstić information content (AvgIpc) is 2.86. The van der Waals surface area contributed by atoms with Gasteiger partial charge in [0.2, 0.25) is 0 Å². The number of hydrogen-bond donors (Lipinski definition) is 1. The summed E-state index contributed by atoms with van der Waals surface area (Å²) in [6.45, 7) is 7.13. The highest BCUT2D eigenvalue weighted by molar-refractivity contribution is 6.30. The Hall–Kier alpha value is -2.24. The molecule has 0 aliphatic carbocycles. The largest absolute Gasteiger partial charge is 0.443 e. The Bertz CT molecular complexity index is 909. The van der Waals surface area contributed by atoms with Crippen LogP contribution in [0.3, 0.4) is 0 Å². The first-order valence-corrected chi connectivity index (χ1v) is 9.63. The van der Waals surface area contributed by atoms with Crippen molar-refractivity contribution in [1.82, 2.24) is 10.2 Å². The van der Waals surface area contributed by atoms with E-state index < -0.39 is 29.3 Å². The summed E-state index contributed by atoms with van der Waals surface area (Å²) in [4.78, 5) is 26.9. The van der Waals surface area contributed by atoms with Crippen LogP contribution < -0.4 is 5.32 Å². The monoisotopic (exact) mass is 420 g/mol. The number of ether oxygens (including phenoxy) is 1. The fraction of sp³-hybridized carbons (Fsp3) is 0.333. The molecule has 1 fully saturated rings. The Balaban J connectivity index is 2.13. The van der Waals surface area contributed by atoms with Gasteiger partial charge in [0, 0.05) is 10.0 Å². The van der Waals surface area contributed by atoms with Gasteiger partial charge in [-0.2, -0.15) is 0 Å². The first kappa shape index (κ1) is 20.5. The number of nitrogens with one attached hydrogen (secondary N) is 1. The van der Waals surface area contributed by atoms with Gasteiger partial charge in [0.05, 0.1) is 11.6 Å². The molecule has 3 amide bonds. The number of amides is 3. The van der Waals surface area contributed by atoms with Crippen LogP contribution in [0.25, 0.3) is 0 Å². The number of rotatable bonds is 2. The van der Waals surface area contributed by atoms with E-state index in [2.05, 4.69) is 5.32 Å². The van der Waals surface area contributed by atoms with E-state index in [1.54, 1.807) is 57.2 Å². The normalized spacial score (nSPS) is 22.1. The molecule has 2 aromatic rings. The van der Waals surface area contributed by atoms with Crippen LogP contribution in [-0.2, 0) is 10.3 Å². The highest BCUT2D eigenvalue weighted by atomic mass is 35.5. The molecule has 1 saturated heterocycles. The topological polar surface area (TPSA) is 58.6 Å². The second kappa shape index (κ2) is 7.30. The lowest BCUT2D eigenvalue weighted by molar-refractivity contribution is 0.0263. The minimum atomic E-state index is -0.910. The Morgan fingerprint density at radius 1 is 1.11 bits per heavy atom. The van der Waals surface area contributed by atoms with Gasteiger partial charge >= 0.3 is 12.1 Å². The molecule has 1 aliphatic rings. The first-order chi connectivity index (χ1) is 13.0. The Labute approximate surface area is 174 Å². The molecular weight excluding hydrogens is 399 g/mol. The van der Waals surface area contributed by atoms with Crippen LogP contribution in [0.4, 0.5) is 9.59 Å². The lowest BCUT2D eigenvalue weighted by Crippen LogP contribution is -2.41. The van der Waals surface area contributed by atoms with E-state index in [1.165, 1.54) is 0 Å². The number of nitrogens with zero attached hydrogens (tertiary/aromatic N) is 1. The van der Waals surface area contributed by atoms with E-state index >= 15 is 0 Å². The van der Waals surface area contributed by atoms with Crippen LogP contribution in [0.5, 0.6) is 0 Å². The molecule has 0 radical (unpaired) electrons. The van der Waals surface area contributed by atoms with E-state index in [9.17, 15) is 9.59 Å². The smallest absolute Gasteiger partial charge is 0.419 e. The molecule has 7 heteroatoms. The lowest BCUT2D eigenvalue weighted by Gasteiger charge is -2.34. The lowest BCUT2D eigenvalue weighted by atomic mass is 9.82. The van der Waals surface area contributed by atoms with Gasteiger partial charge in [0.25, 0.3) is 0 Å². The second-order valence-electron chi connectivity index (χ2n) is 7.95. The number of halogens is 2. The van der Waals surface area contributed by atoms with Crippen molar-refractivity contribution >= 4 is 35.3 Å². The van der Waals surface area contributed by atoms with Gasteiger partial charge in [-0.25, -0.2) is 14.5 Å². The van der Waals surface area contributed by atoms with E-state index in [4.69, 9.17) is 27.9 Å². The van der Waals surface area contributed by atoms with Crippen molar-refractivity contribution in [1.29, 1.82) is 0 Å². The quantitative estimate of drug-likeness (QED) is 0.656. The standard InChI is InChI=1S/C21H22Cl2N2O3/c1-20(2,3)28-19(27)25-17(13-8-10-15(22)11-9-13)21(4,24-18(25)26)14-6-5-7-16(23)12-14/h5-12,17H,1-4H3,(H,24,26). The van der Waals surface area contributed by atoms with Crippen molar-refractivity contribution in [2.24, 2.45) is 0 Å². The maximum absolute atomic E-state index is 12.9. The molecule has 0 aromatic heterocycles. The molecule has 2 aromatic carbocycles. The van der Waals surface area contributed by atoms with Gasteiger partial charge in [-0.15, -0.1) is 0 Å². The van der Waals surface area contributed by atoms with Gasteiger partial charge in [-0.1, -0.05) is 47.5 Å². The summed E-state index contributed by atoms with van der Waals surface area (Å²) in [5.41, 5.74) is -0.126. The molecule has 0 saturated carbocycles. The number of hydrogen-bond acceptors (Lipinski definition) is 3. The summed E-state index contributed by atoms with van der Waals surface area (Å²) < 4.78 is 5.49. The Kier molecular flexibility index (Phi) is 5.34. The van der Waals surface area contributed by atoms with Crippen molar-refractivity contribution in [3.63, 3.8) is 0 Å². The molecule has 3 rings (SSSR count). The van der Waals surface area contributed by atoms with Gasteiger partial charge < -0.3 is 10.1 Å². The van der Waals surface area contributed by atoms with Crippen LogP contribution in [0, 0.1) is 0 Å². The number of imide groups is 1. The fourth-order valence-electron chi connectivity index (χ4n) is 3.39. The van der Waals surface area contributed by atoms with Gasteiger partial charge in [0.15, 0.2) is 0 Å². The summed E-state index contributed by atoms with van der Waals surface area (Å²) in [5.74, 6) is 0. The van der Waals surface area contributed by atoms with Crippen LogP contribution in [0.2, 0.25) is 10.0 Å². The molecule has 2 atom stereocenters. The SMILES string of the molecule is CC(C)(C)OC(=O)N1C(=O)NC(C)(c2cccc(Cl)c2)C1c1ccc(Cl)cc1. The van der Waals surface area contributed by atoms with Gasteiger partial charge in [-0.3, -0.25) is 0 Å². The van der Waals surface area contributed by atoms with E-state index in [0.717, 1.165) is 16.0 Å². The number of urea groups is 1. The highest BCUT2D eigenvalue weighted by Gasteiger charge is 2.53. The predicted molar refractivity (Wildman–Crippen MR) is 110 cm³/mol. The van der Waals surface area contributed by atoms with E-state index in [1.807, 2.05) is 19.1 Å². The molecular formula is C21H22Cl2N2O3. The molecule has 2 unspecified atom stereocenters. The minimum Gasteiger partial charge on any atom is -0.443 e. The predicted octanol–water partition coefficient (Wildman–Crippen LogP) is 5.91. The van der Waals surface area contributed by atoms with Crippen molar-refractivity contribution < 1.29 is 14.3 Å². The van der Waals surface area contributed by atoms with Crippen LogP contribution in [0.15, 0.2) is 48.5 Å². The van der Waals surface area contributed by atoms with E-state index in [0.29, 0.717) is 10.0 Å². The molecule has 0 spiro atoms. The molecule has 28 heavy (non-hydrogen) atoms. The summed E-state index contributed by atoms with van der Waals surface area (Å²) in [5, 5.41) is 4.05. The molecule has 1 heterocycles. The van der Waals surface area contributed by atoms with Crippen LogP contribution >= 0.6 is 23.2 Å². The number of carbonyl (C=O) groups is 2. The number of carbonyl (C=O) groups excluding carboxylic acids is 2. The van der Waals surface area contributed by atoms with Gasteiger partial charge in [0.1, 0.15) is 5.60 Å². The zero-order chi connectivity index (χ0) is 20.7. The molecule has 0 bridgehead atoms. The fourth-order valence-corrected chi connectivity index (χ4v) is 3.71. The number of benzene rings is 2. The van der Waals surface area contributed by atoms with Gasteiger partial charge in [-0.05, 0) is 63.1 Å². The first-order valence-electron chi connectivity index (χ1n) is 8.87. The molecule has 148 valence electrons. The van der Waals surface area contributed by atoms with E-state index in [-0.39, 0.29) is 0 Å². The van der Waals surface area contributed by atoms with Crippen LogP contribution in [0.1, 0.15) is 44.9 Å². The third-order valence-corrected chi connectivity index (χ3v) is 5.08. The highest BCUT2D eigenvalue weighted by Crippen LogP contribution is 2.45. The molecule has 1 N–H and O–H groups in total. The summed E-state index contributed by atoms with van der Waals surface area (Å²) in [7, 11) is 0. The molecule has 5 nitrogen and oxygen atoms in total. The van der Waals surface area contributed by atoms with Crippen molar-refractivity contribution in [2.45, 2.75) is 44.9 Å². The van der Waals surface area contributed by atoms with Crippen molar-refractivity contribution in [3.8, 4) is 0 Å². The Morgan fingerprint density at radius 3 is 2.32 bits per heavy atom. The minimum absolute atomic E-state index is 0.531. The van der Waals surface area contributed by atoms with Crippen LogP contribution in [-0.4, -0.2) is 22.6 Å². The summed E-state index contributed by atoms with van der Waals surface area (Å²) >= 11 is 12.2. The zero-order valence-electron chi connectivity index (χ0n) is 16.1. The maximum Gasteiger partial charge on any atom is 0.419 e. The third kappa shape index (κ3) is 3.96. The van der Waals surface area contributed by atoms with Crippen molar-refractivity contribution in [3.05, 3.63) is 69.7 Å². The second-order valence-corrected chi connectivity index (χ2v) is 8.82.